The van der Waals surface area contributed by atoms with Crippen LogP contribution in [0.5, 0.6) is 5.75 Å². The average Bonchev–Trinajstić information content (AvgIpc) is 3.53. The second-order valence-electron chi connectivity index (χ2n) is 25.2. The lowest BCUT2D eigenvalue weighted by Crippen LogP contribution is -2.53. The van der Waals surface area contributed by atoms with Gasteiger partial charge in [0.1, 0.15) is 45.2 Å². The van der Waals surface area contributed by atoms with E-state index in [0.717, 1.165) is 24.8 Å². The summed E-state index contributed by atoms with van der Waals surface area (Å²) in [6.07, 6.45) is 0.0260. The lowest BCUT2D eigenvalue weighted by atomic mass is 10.1. The highest BCUT2D eigenvalue weighted by molar-refractivity contribution is 6.08. The Morgan fingerprint density at radius 1 is 0.566 bits per heavy atom. The van der Waals surface area contributed by atoms with E-state index in [1.54, 1.807) is 121 Å². The number of nitrogens with zero attached hydrogens (tertiary/aromatic N) is 6. The van der Waals surface area contributed by atoms with Crippen molar-refractivity contribution < 1.29 is 61.9 Å². The van der Waals surface area contributed by atoms with E-state index in [0.29, 0.717) is 56.8 Å². The molecule has 21 heteroatoms. The van der Waals surface area contributed by atoms with Crippen LogP contribution in [0.25, 0.3) is 0 Å². The van der Waals surface area contributed by atoms with Gasteiger partial charge < -0.3 is 38.5 Å². The first-order chi connectivity index (χ1) is 34.6. The predicted molar refractivity (Wildman–Crippen MR) is 293 cm³/mol. The Bertz CT molecular complexity index is 2200. The maximum absolute atomic E-state index is 14.2. The van der Waals surface area contributed by atoms with Crippen LogP contribution < -0.4 is 15.4 Å². The molecule has 0 saturated heterocycles. The minimum atomic E-state index is -1.02. The van der Waals surface area contributed by atoms with Gasteiger partial charge in [0.05, 0.1) is 18.7 Å². The number of hydrogen-bond acceptors (Lipinski definition) is 14. The first-order valence-electron chi connectivity index (χ1n) is 26.3. The van der Waals surface area contributed by atoms with Crippen LogP contribution in [0, 0.1) is 0 Å². The number of unbranched alkanes of at least 4 members (excludes halogenated alkanes) is 6. The van der Waals surface area contributed by atoms with E-state index < -0.39 is 75.7 Å². The molecule has 1 aliphatic rings. The van der Waals surface area contributed by atoms with E-state index in [1.165, 1.54) is 9.80 Å². The van der Waals surface area contributed by atoms with Crippen molar-refractivity contribution in [3.05, 3.63) is 29.8 Å². The smallest absolute Gasteiger partial charge is 0.437 e. The van der Waals surface area contributed by atoms with Gasteiger partial charge in [-0.15, -0.1) is 9.98 Å². The predicted octanol–water partition coefficient (Wildman–Crippen LogP) is 12.1. The van der Waals surface area contributed by atoms with Crippen LogP contribution in [0.15, 0.2) is 39.2 Å². The summed E-state index contributed by atoms with van der Waals surface area (Å²) in [6, 6.07) is 7.25. The third kappa shape index (κ3) is 28.1. The van der Waals surface area contributed by atoms with Gasteiger partial charge >= 0.3 is 36.6 Å². The molecule has 6 amide bonds. The molecule has 0 aliphatic carbocycles. The zero-order valence-electron chi connectivity index (χ0n) is 49.5. The monoisotopic (exact) mass is 1070 g/mol. The highest BCUT2D eigenvalue weighted by Crippen LogP contribution is 2.27. The number of amidine groups is 1. The van der Waals surface area contributed by atoms with Crippen LogP contribution in [0.4, 0.5) is 28.8 Å². The summed E-state index contributed by atoms with van der Waals surface area (Å²) in [5, 5.41) is 5.47. The molecule has 0 atom stereocenters. The average molecular weight is 1070 g/mol. The SMILES string of the molecule is CC1(C)CN(C(=O)OC(C)(C)C)C(c2ccc(OCCCCN(C(=O)OC(C)(C)C)/C(=N/C(=O)OC(C)(C)C)N(CCCCCCCCN/C(=N\C(=O)OC(C)(C)C)NC(=O)OC(C)(C)C)C(=O)OC(C)(C)C)cc2)=N1. The number of alkyl carbamates (subject to hydrolysis) is 1. The molecule has 1 aromatic rings. The molecule has 76 heavy (non-hydrogen) atoms. The van der Waals surface area contributed by atoms with Crippen molar-refractivity contribution in [1.29, 1.82) is 0 Å². The zero-order valence-corrected chi connectivity index (χ0v) is 49.5. The minimum Gasteiger partial charge on any atom is -0.494 e. The Morgan fingerprint density at radius 3 is 1.47 bits per heavy atom. The standard InChI is InChI=1S/C55H92N8O13/c1-49(2,3)71-43(64)57-41(58-44(65)72-50(4,5)6)56-33-25-23-21-22-24-26-34-61(46(67)74-52(10,11)12)42(59-45(66)73-51(7,8)9)62(47(68)75-53(13,14)15)35-27-28-36-70-39-31-29-38(30-32-39)40-60-55(19,20)37-63(40)48(69)76-54(16,17)18/h29-32H,21-28,33-37H2,1-20H3,(H2,56,57,58,64,65)/b59-42+. The largest absolute Gasteiger partial charge is 0.494 e. The fraction of sp³-hybridized carbons (Fsp3) is 0.727. The molecule has 2 N–H and O–H groups in total. The molecule has 430 valence electrons. The molecule has 0 aromatic heterocycles. The lowest BCUT2D eigenvalue weighted by molar-refractivity contribution is 0.0267. The first-order valence-corrected chi connectivity index (χ1v) is 26.3. The summed E-state index contributed by atoms with van der Waals surface area (Å²) in [4.78, 5) is 96.9. The highest BCUT2D eigenvalue weighted by atomic mass is 16.6. The third-order valence-corrected chi connectivity index (χ3v) is 9.59. The number of carbonyl (C=O) groups excluding carboxylic acids is 6. The number of guanidine groups is 2. The van der Waals surface area contributed by atoms with E-state index >= 15 is 0 Å². The van der Waals surface area contributed by atoms with Crippen LogP contribution in [-0.2, 0) is 28.4 Å². The molecule has 2 rings (SSSR count). The molecule has 0 fully saturated rings. The number of carbonyl (C=O) groups is 6. The number of amides is 6. The van der Waals surface area contributed by atoms with Gasteiger partial charge in [-0.2, -0.15) is 0 Å². The normalized spacial score (nSPS) is 14.5. The summed E-state index contributed by atoms with van der Waals surface area (Å²) in [7, 11) is 0. The van der Waals surface area contributed by atoms with Crippen LogP contribution in [0.2, 0.25) is 0 Å². The number of nitrogens with one attached hydrogen (secondary N) is 2. The van der Waals surface area contributed by atoms with Crippen LogP contribution in [-0.4, -0.2) is 141 Å². The maximum Gasteiger partial charge on any atom is 0.437 e. The van der Waals surface area contributed by atoms with Crippen LogP contribution >= 0.6 is 0 Å². The summed E-state index contributed by atoms with van der Waals surface area (Å²) in [5.74, 6) is 0.680. The van der Waals surface area contributed by atoms with E-state index in [4.69, 9.17) is 38.2 Å². The Hall–Kier alpha value is -6.15. The van der Waals surface area contributed by atoms with E-state index in [9.17, 15) is 28.8 Å². The Kier molecular flexibility index (Phi) is 24.1. The fourth-order valence-electron chi connectivity index (χ4n) is 6.80. The Balaban J connectivity index is 2.28. The summed E-state index contributed by atoms with van der Waals surface area (Å²) >= 11 is 0. The maximum atomic E-state index is 14.2. The van der Waals surface area contributed by atoms with Gasteiger partial charge in [-0.05, 0) is 188 Å². The lowest BCUT2D eigenvalue weighted by Gasteiger charge is -2.34. The van der Waals surface area contributed by atoms with Crippen molar-refractivity contribution in [3.8, 4) is 5.75 Å². The van der Waals surface area contributed by atoms with E-state index in [-0.39, 0.29) is 31.6 Å². The van der Waals surface area contributed by atoms with Crippen molar-refractivity contribution in [2.75, 3.05) is 32.8 Å². The fourth-order valence-corrected chi connectivity index (χ4v) is 6.80. The molecule has 0 saturated carbocycles. The van der Waals surface area contributed by atoms with Crippen molar-refractivity contribution >= 4 is 54.3 Å². The number of aliphatic imine (C=N–C) groups is 3. The van der Waals surface area contributed by atoms with Crippen molar-refractivity contribution in [2.24, 2.45) is 15.0 Å². The third-order valence-electron chi connectivity index (χ3n) is 9.59. The molecule has 0 bridgehead atoms. The number of rotatable bonds is 16. The zero-order chi connectivity index (χ0) is 58.1. The van der Waals surface area contributed by atoms with Gasteiger partial charge in [0.15, 0.2) is 0 Å². The van der Waals surface area contributed by atoms with Crippen LogP contribution in [0.1, 0.15) is 195 Å². The second-order valence-corrected chi connectivity index (χ2v) is 25.2. The Labute approximate surface area is 452 Å². The molecule has 0 spiro atoms. The Morgan fingerprint density at radius 2 is 1.00 bits per heavy atom. The quantitative estimate of drug-likeness (QED) is 0.0678. The topological polar surface area (TPSA) is 238 Å². The van der Waals surface area contributed by atoms with E-state index in [1.807, 2.05) is 46.8 Å². The minimum absolute atomic E-state index is 0.0246. The second kappa shape index (κ2) is 27.8. The van der Waals surface area contributed by atoms with Crippen molar-refractivity contribution in [1.82, 2.24) is 25.3 Å². The van der Waals surface area contributed by atoms with Crippen LogP contribution in [0.3, 0.4) is 0 Å². The molecule has 0 radical (unpaired) electrons. The molecule has 1 aromatic carbocycles. The van der Waals surface area contributed by atoms with Gasteiger partial charge in [-0.25, -0.2) is 38.6 Å². The summed E-state index contributed by atoms with van der Waals surface area (Å²) in [5.41, 5.74) is -4.88. The van der Waals surface area contributed by atoms with Gasteiger partial charge in [0.2, 0.25) is 11.9 Å². The molecule has 1 heterocycles. The van der Waals surface area contributed by atoms with Gasteiger partial charge in [-0.3, -0.25) is 15.2 Å². The molecule has 0 unspecified atom stereocenters. The summed E-state index contributed by atoms with van der Waals surface area (Å²) < 4.78 is 39.7. The number of ether oxygens (including phenoxy) is 7. The number of benzene rings is 1. The van der Waals surface area contributed by atoms with Gasteiger partial charge in [0, 0.05) is 25.2 Å². The molecular formula is C55H92N8O13. The number of hydrogen-bond donors (Lipinski definition) is 2. The molecule has 21 nitrogen and oxygen atoms in total. The summed E-state index contributed by atoms with van der Waals surface area (Å²) in [6.45, 7) is 35.9. The van der Waals surface area contributed by atoms with E-state index in [2.05, 4.69) is 20.6 Å². The molecule has 1 aliphatic heterocycles. The van der Waals surface area contributed by atoms with Crippen molar-refractivity contribution in [3.63, 3.8) is 0 Å². The van der Waals surface area contributed by atoms with Gasteiger partial charge in [0.25, 0.3) is 0 Å². The first kappa shape index (κ1) is 66.0. The molecular weight excluding hydrogens is 981 g/mol. The van der Waals surface area contributed by atoms with Gasteiger partial charge in [-0.1, -0.05) is 25.7 Å². The highest BCUT2D eigenvalue weighted by Gasteiger charge is 2.39. The van der Waals surface area contributed by atoms with Crippen molar-refractivity contribution in [2.45, 2.75) is 229 Å².